The second-order valence-electron chi connectivity index (χ2n) is 3.76. The zero-order chi connectivity index (χ0) is 12.4. The maximum atomic E-state index is 12.7. The van der Waals surface area contributed by atoms with Gasteiger partial charge in [-0.05, 0) is 17.7 Å². The second-order valence-corrected chi connectivity index (χ2v) is 4.79. The summed E-state index contributed by atoms with van der Waals surface area (Å²) in [6.45, 7) is 1.07. The normalized spacial score (nSPS) is 23.6. The van der Waals surface area contributed by atoms with Crippen LogP contribution < -0.4 is 0 Å². The summed E-state index contributed by atoms with van der Waals surface area (Å²) in [4.78, 5) is 4.25. The van der Waals surface area contributed by atoms with Gasteiger partial charge in [-0.3, -0.25) is 0 Å². The minimum absolute atomic E-state index is 0.233. The molecular weight excluding hydrogens is 245 g/mol. The van der Waals surface area contributed by atoms with Crippen LogP contribution in [0.2, 0.25) is 0 Å². The summed E-state index contributed by atoms with van der Waals surface area (Å²) in [6.07, 6.45) is -0.460. The van der Waals surface area contributed by atoms with Gasteiger partial charge < -0.3 is 4.74 Å². The number of hydrogen-bond donors (Lipinski definition) is 1. The molecule has 0 unspecified atom stereocenters. The van der Waals surface area contributed by atoms with Gasteiger partial charge in [-0.15, -0.1) is 0 Å². The Labute approximate surface area is 100 Å². The lowest BCUT2D eigenvalue weighted by atomic mass is 10.0. The maximum Gasteiger partial charge on any atom is 0.181 e. The number of halogens is 1. The van der Waals surface area contributed by atoms with Crippen LogP contribution >= 0.6 is 0 Å². The van der Waals surface area contributed by atoms with Crippen LogP contribution in [0.3, 0.4) is 0 Å². The van der Waals surface area contributed by atoms with Crippen molar-refractivity contribution in [3.05, 3.63) is 29.8 Å². The Morgan fingerprint density at radius 1 is 1.35 bits per heavy atom. The zero-order valence-electron chi connectivity index (χ0n) is 9.17. The first-order chi connectivity index (χ1) is 8.11. The molecule has 2 atom stereocenters. The van der Waals surface area contributed by atoms with Crippen molar-refractivity contribution in [2.45, 2.75) is 24.0 Å². The Morgan fingerprint density at radius 2 is 2.00 bits per heavy atom. The van der Waals surface area contributed by atoms with E-state index in [9.17, 15) is 12.8 Å². The summed E-state index contributed by atoms with van der Waals surface area (Å²) in [6, 6.07) is 5.67. The highest BCUT2D eigenvalue weighted by Crippen LogP contribution is 2.29. The van der Waals surface area contributed by atoms with Gasteiger partial charge in [-0.2, -0.15) is 0 Å². The van der Waals surface area contributed by atoms with Crippen LogP contribution in [0.5, 0.6) is 0 Å². The van der Waals surface area contributed by atoms with Crippen molar-refractivity contribution in [1.29, 1.82) is 0 Å². The Morgan fingerprint density at radius 3 is 2.53 bits per heavy atom. The van der Waals surface area contributed by atoms with Gasteiger partial charge in [0.05, 0.1) is 4.90 Å². The molecule has 0 saturated heterocycles. The highest BCUT2D eigenvalue weighted by atomic mass is 32.2. The van der Waals surface area contributed by atoms with Crippen LogP contribution in [0, 0.1) is 0 Å². The third-order valence-electron chi connectivity index (χ3n) is 2.59. The van der Waals surface area contributed by atoms with Crippen molar-refractivity contribution in [2.24, 2.45) is 4.99 Å². The number of nitrogens with zero attached hydrogens (tertiary/aromatic N) is 1. The van der Waals surface area contributed by atoms with E-state index in [1.165, 1.54) is 12.1 Å². The molecule has 0 fully saturated rings. The quantitative estimate of drug-likeness (QED) is 0.835. The van der Waals surface area contributed by atoms with Crippen LogP contribution in [-0.4, -0.2) is 27.0 Å². The van der Waals surface area contributed by atoms with E-state index in [0.29, 0.717) is 5.90 Å². The van der Waals surface area contributed by atoms with Crippen molar-refractivity contribution < 1.29 is 17.5 Å². The van der Waals surface area contributed by atoms with E-state index >= 15 is 0 Å². The first kappa shape index (κ1) is 12.0. The summed E-state index contributed by atoms with van der Waals surface area (Å²) < 4.78 is 39.6. The summed E-state index contributed by atoms with van der Waals surface area (Å²) >= 11 is 0. The van der Waals surface area contributed by atoms with E-state index < -0.39 is 29.5 Å². The standard InChI is InChI=1S/C11H12FNO3S/c1-7-13-10(6-12)11(16-7)8-2-4-9(5-3-8)17(14)15/h2-5,10-11,17H,6H2,1H3/t10-,11-/m1/s1. The molecule has 1 aromatic rings. The van der Waals surface area contributed by atoms with Gasteiger partial charge in [0.2, 0.25) is 0 Å². The Hall–Kier alpha value is -1.43. The van der Waals surface area contributed by atoms with Crippen LogP contribution in [0.4, 0.5) is 4.39 Å². The average molecular weight is 257 g/mol. The molecule has 1 aliphatic rings. The van der Waals surface area contributed by atoms with Gasteiger partial charge in [-0.25, -0.2) is 17.8 Å². The summed E-state index contributed by atoms with van der Waals surface area (Å²) in [7, 11) is -2.59. The predicted molar refractivity (Wildman–Crippen MR) is 61.7 cm³/mol. The van der Waals surface area contributed by atoms with Gasteiger partial charge in [0.15, 0.2) is 22.7 Å². The minimum Gasteiger partial charge on any atom is -0.471 e. The van der Waals surface area contributed by atoms with E-state index in [4.69, 9.17) is 4.74 Å². The van der Waals surface area contributed by atoms with Gasteiger partial charge >= 0.3 is 0 Å². The zero-order valence-corrected chi connectivity index (χ0v) is 10.1. The molecule has 0 amide bonds. The molecule has 0 radical (unpaired) electrons. The number of aliphatic imine (C=N–C) groups is 1. The second kappa shape index (κ2) is 4.83. The van der Waals surface area contributed by atoms with E-state index in [2.05, 4.69) is 4.99 Å². The first-order valence-electron chi connectivity index (χ1n) is 5.13. The van der Waals surface area contributed by atoms with Crippen LogP contribution in [-0.2, 0) is 15.4 Å². The van der Waals surface area contributed by atoms with Crippen LogP contribution in [0.1, 0.15) is 18.6 Å². The molecule has 1 heterocycles. The molecule has 0 bridgehead atoms. The number of rotatable bonds is 3. The van der Waals surface area contributed by atoms with Gasteiger partial charge in [0, 0.05) is 6.92 Å². The fraction of sp³-hybridized carbons (Fsp3) is 0.364. The summed E-state index contributed by atoms with van der Waals surface area (Å²) in [5, 5.41) is 0. The highest BCUT2D eigenvalue weighted by Gasteiger charge is 2.30. The average Bonchev–Trinajstić information content (AvgIpc) is 2.70. The Balaban J connectivity index is 2.24. The SMILES string of the molecule is CC1=N[C@H](CF)[C@@H](c2ccc([SH](=O)=O)cc2)O1. The molecule has 6 heteroatoms. The highest BCUT2D eigenvalue weighted by molar-refractivity contribution is 7.72. The summed E-state index contributed by atoms with van der Waals surface area (Å²) in [5.74, 6) is 0.455. The van der Waals surface area contributed by atoms with E-state index in [-0.39, 0.29) is 4.90 Å². The Bertz CT molecular complexity index is 502. The molecule has 0 N–H and O–H groups in total. The lowest BCUT2D eigenvalue weighted by Gasteiger charge is -2.15. The third kappa shape index (κ3) is 2.46. The lowest BCUT2D eigenvalue weighted by Crippen LogP contribution is -2.15. The predicted octanol–water partition coefficient (Wildman–Crippen LogP) is 1.48. The molecule has 0 aromatic heterocycles. The topological polar surface area (TPSA) is 55.7 Å². The van der Waals surface area contributed by atoms with E-state index in [1.807, 2.05) is 0 Å². The van der Waals surface area contributed by atoms with Gasteiger partial charge in [-0.1, -0.05) is 12.1 Å². The maximum absolute atomic E-state index is 12.7. The third-order valence-corrected chi connectivity index (χ3v) is 3.30. The first-order valence-corrected chi connectivity index (χ1v) is 6.31. The fourth-order valence-electron chi connectivity index (χ4n) is 1.79. The van der Waals surface area contributed by atoms with Crippen molar-refractivity contribution in [3.8, 4) is 0 Å². The van der Waals surface area contributed by atoms with E-state index in [1.54, 1.807) is 19.1 Å². The largest absolute Gasteiger partial charge is 0.471 e. The monoisotopic (exact) mass is 257 g/mol. The number of thiol groups is 1. The molecule has 0 aliphatic carbocycles. The Kier molecular flexibility index (Phi) is 3.42. The molecule has 1 aliphatic heterocycles. The number of alkyl halides is 1. The van der Waals surface area contributed by atoms with Gasteiger partial charge in [0.25, 0.3) is 0 Å². The molecule has 2 rings (SSSR count). The van der Waals surface area contributed by atoms with Crippen molar-refractivity contribution >= 4 is 16.6 Å². The number of benzene rings is 1. The fourth-order valence-corrected chi connectivity index (χ4v) is 2.18. The number of ether oxygens (including phenoxy) is 1. The molecule has 1 aromatic carbocycles. The lowest BCUT2D eigenvalue weighted by molar-refractivity contribution is 0.179. The van der Waals surface area contributed by atoms with Crippen molar-refractivity contribution in [1.82, 2.24) is 0 Å². The van der Waals surface area contributed by atoms with Crippen molar-refractivity contribution in [3.63, 3.8) is 0 Å². The molecular formula is C11H12FNO3S. The van der Waals surface area contributed by atoms with Crippen molar-refractivity contribution in [2.75, 3.05) is 6.67 Å². The van der Waals surface area contributed by atoms with Gasteiger partial charge in [0.1, 0.15) is 12.7 Å². The minimum atomic E-state index is -2.59. The molecule has 92 valence electrons. The molecule has 0 spiro atoms. The smallest absolute Gasteiger partial charge is 0.181 e. The summed E-state index contributed by atoms with van der Waals surface area (Å²) in [5.41, 5.74) is 0.730. The molecule has 17 heavy (non-hydrogen) atoms. The number of hydrogen-bond acceptors (Lipinski definition) is 4. The molecule has 4 nitrogen and oxygen atoms in total. The van der Waals surface area contributed by atoms with Crippen LogP contribution in [0.15, 0.2) is 34.2 Å². The van der Waals surface area contributed by atoms with E-state index in [0.717, 1.165) is 5.56 Å². The molecule has 0 saturated carbocycles. The van der Waals surface area contributed by atoms with Crippen LogP contribution in [0.25, 0.3) is 0 Å².